The van der Waals surface area contributed by atoms with Crippen LogP contribution in [0.4, 0.5) is 0 Å². The molecule has 2 N–H and O–H groups in total. The van der Waals surface area contributed by atoms with Crippen molar-refractivity contribution in [2.24, 2.45) is 0 Å². The highest BCUT2D eigenvalue weighted by Gasteiger charge is 2.10. The first kappa shape index (κ1) is 15.8. The summed E-state index contributed by atoms with van der Waals surface area (Å²) < 4.78 is 1.49. The molecule has 1 aromatic heterocycles. The van der Waals surface area contributed by atoms with Crippen molar-refractivity contribution in [3.63, 3.8) is 0 Å². The third-order valence-electron chi connectivity index (χ3n) is 2.87. The molecule has 2 aromatic rings. The zero-order chi connectivity index (χ0) is 16.1. The number of aryl methyl sites for hydroxylation is 1. The van der Waals surface area contributed by atoms with Crippen LogP contribution in [0.25, 0.3) is 17.3 Å². The van der Waals surface area contributed by atoms with Gasteiger partial charge in [0, 0.05) is 28.4 Å². The topological polar surface area (TPSA) is 92.4 Å². The van der Waals surface area contributed by atoms with Crippen molar-refractivity contribution in [3.05, 3.63) is 47.1 Å². The van der Waals surface area contributed by atoms with Crippen LogP contribution in [-0.2, 0) is 16.1 Å². The summed E-state index contributed by atoms with van der Waals surface area (Å²) in [5.74, 6) is -1.99. The molecule has 0 unspecified atom stereocenters. The van der Waals surface area contributed by atoms with Gasteiger partial charge in [0.15, 0.2) is 0 Å². The summed E-state index contributed by atoms with van der Waals surface area (Å²) in [5, 5.41) is 22.4. The minimum absolute atomic E-state index is 0.0657. The van der Waals surface area contributed by atoms with E-state index in [0.717, 1.165) is 11.6 Å². The van der Waals surface area contributed by atoms with Crippen LogP contribution in [0.3, 0.4) is 0 Å². The monoisotopic (exact) mass is 320 g/mol. The third-order valence-corrected chi connectivity index (χ3v) is 3.12. The van der Waals surface area contributed by atoms with Gasteiger partial charge in [0.1, 0.15) is 0 Å². The van der Waals surface area contributed by atoms with E-state index in [1.54, 1.807) is 30.5 Å². The standard InChI is InChI=1S/C15H13ClN2O4/c16-12-4-1-10(2-5-12)15-11(3-6-13(19)20)9-18(17-15)8-7-14(21)22/h1-6,9H,7-8H2,(H,19,20)(H,21,22). The van der Waals surface area contributed by atoms with Crippen molar-refractivity contribution in [1.82, 2.24) is 9.78 Å². The van der Waals surface area contributed by atoms with Gasteiger partial charge in [-0.1, -0.05) is 23.7 Å². The molecular weight excluding hydrogens is 308 g/mol. The zero-order valence-electron chi connectivity index (χ0n) is 11.4. The van der Waals surface area contributed by atoms with Crippen LogP contribution in [-0.4, -0.2) is 31.9 Å². The van der Waals surface area contributed by atoms with Gasteiger partial charge in [-0.05, 0) is 18.2 Å². The highest BCUT2D eigenvalue weighted by atomic mass is 35.5. The van der Waals surface area contributed by atoms with Crippen LogP contribution in [0.5, 0.6) is 0 Å². The van der Waals surface area contributed by atoms with Crippen LogP contribution in [0.2, 0.25) is 5.02 Å². The van der Waals surface area contributed by atoms with Gasteiger partial charge in [0.25, 0.3) is 0 Å². The first-order valence-corrected chi connectivity index (χ1v) is 6.79. The summed E-state index contributed by atoms with van der Waals surface area (Å²) >= 11 is 5.85. The fourth-order valence-corrected chi connectivity index (χ4v) is 2.00. The molecule has 0 aliphatic heterocycles. The maximum Gasteiger partial charge on any atom is 0.328 e. The van der Waals surface area contributed by atoms with Crippen LogP contribution < -0.4 is 0 Å². The minimum atomic E-state index is -1.07. The Labute approximate surface area is 131 Å². The van der Waals surface area contributed by atoms with E-state index in [4.69, 9.17) is 21.8 Å². The number of carboxylic acid groups (broad SMARTS) is 2. The van der Waals surface area contributed by atoms with Gasteiger partial charge in [0.2, 0.25) is 0 Å². The Hall–Kier alpha value is -2.60. The SMILES string of the molecule is O=C(O)C=Cc1cn(CCC(=O)O)nc1-c1ccc(Cl)cc1. The molecule has 0 aliphatic carbocycles. The average Bonchev–Trinajstić information content (AvgIpc) is 2.87. The van der Waals surface area contributed by atoms with Gasteiger partial charge < -0.3 is 10.2 Å². The molecule has 0 saturated heterocycles. The van der Waals surface area contributed by atoms with Crippen molar-refractivity contribution < 1.29 is 19.8 Å². The first-order chi connectivity index (χ1) is 10.5. The smallest absolute Gasteiger partial charge is 0.328 e. The fraction of sp³-hybridized carbons (Fsp3) is 0.133. The Bertz CT molecular complexity index is 720. The number of nitrogens with zero attached hydrogens (tertiary/aromatic N) is 2. The van der Waals surface area contributed by atoms with Gasteiger partial charge in [-0.15, -0.1) is 0 Å². The van der Waals surface area contributed by atoms with E-state index in [-0.39, 0.29) is 13.0 Å². The summed E-state index contributed by atoms with van der Waals surface area (Å²) in [7, 11) is 0. The lowest BCUT2D eigenvalue weighted by Gasteiger charge is -1.99. The van der Waals surface area contributed by atoms with Crippen LogP contribution in [0.1, 0.15) is 12.0 Å². The average molecular weight is 321 g/mol. The molecule has 0 radical (unpaired) electrons. The first-order valence-electron chi connectivity index (χ1n) is 6.42. The molecule has 0 bridgehead atoms. The molecule has 0 atom stereocenters. The fourth-order valence-electron chi connectivity index (χ4n) is 1.88. The third kappa shape index (κ3) is 4.20. The molecule has 0 aliphatic rings. The van der Waals surface area contributed by atoms with E-state index < -0.39 is 11.9 Å². The molecule has 0 saturated carbocycles. The maximum absolute atomic E-state index is 10.7. The second-order valence-electron chi connectivity index (χ2n) is 4.52. The molecule has 0 spiro atoms. The molecular formula is C15H13ClN2O4. The lowest BCUT2D eigenvalue weighted by molar-refractivity contribution is -0.137. The van der Waals surface area contributed by atoms with Gasteiger partial charge >= 0.3 is 11.9 Å². The van der Waals surface area contributed by atoms with Gasteiger partial charge in [0.05, 0.1) is 18.7 Å². The van der Waals surface area contributed by atoms with Crippen molar-refractivity contribution in [2.75, 3.05) is 0 Å². The van der Waals surface area contributed by atoms with E-state index in [1.165, 1.54) is 10.8 Å². The molecule has 1 aromatic carbocycles. The maximum atomic E-state index is 10.7. The number of aliphatic carboxylic acids is 2. The lowest BCUT2D eigenvalue weighted by Crippen LogP contribution is -2.04. The summed E-state index contributed by atoms with van der Waals surface area (Å²) in [4.78, 5) is 21.3. The van der Waals surface area contributed by atoms with Crippen molar-refractivity contribution >= 4 is 29.6 Å². The Morgan fingerprint density at radius 2 is 1.91 bits per heavy atom. The predicted molar refractivity (Wildman–Crippen MR) is 81.6 cm³/mol. The molecule has 22 heavy (non-hydrogen) atoms. The predicted octanol–water partition coefficient (Wildman–Crippen LogP) is 2.78. The second kappa shape index (κ2) is 6.91. The van der Waals surface area contributed by atoms with E-state index >= 15 is 0 Å². The van der Waals surface area contributed by atoms with Crippen LogP contribution in [0, 0.1) is 0 Å². The number of hydrogen-bond donors (Lipinski definition) is 2. The van der Waals surface area contributed by atoms with E-state index in [0.29, 0.717) is 16.3 Å². The number of aromatic nitrogens is 2. The summed E-state index contributed by atoms with van der Waals surface area (Å²) in [6.45, 7) is 0.205. The number of benzene rings is 1. The molecule has 6 nitrogen and oxygen atoms in total. The highest BCUT2D eigenvalue weighted by Crippen LogP contribution is 2.25. The largest absolute Gasteiger partial charge is 0.481 e. The second-order valence-corrected chi connectivity index (χ2v) is 4.95. The van der Waals surface area contributed by atoms with E-state index in [1.807, 2.05) is 0 Å². The minimum Gasteiger partial charge on any atom is -0.481 e. The number of rotatable bonds is 6. The Morgan fingerprint density at radius 3 is 2.50 bits per heavy atom. The molecule has 7 heteroatoms. The highest BCUT2D eigenvalue weighted by molar-refractivity contribution is 6.30. The summed E-state index contributed by atoms with van der Waals surface area (Å²) in [6.07, 6.45) is 3.99. The number of carbonyl (C=O) groups is 2. The summed E-state index contributed by atoms with van der Waals surface area (Å²) in [6, 6.07) is 6.95. The molecule has 0 fully saturated rings. The molecule has 2 rings (SSSR count). The van der Waals surface area contributed by atoms with Gasteiger partial charge in [-0.25, -0.2) is 4.79 Å². The quantitative estimate of drug-likeness (QED) is 0.798. The zero-order valence-corrected chi connectivity index (χ0v) is 12.2. The Balaban J connectivity index is 2.38. The van der Waals surface area contributed by atoms with Crippen molar-refractivity contribution in [3.8, 4) is 11.3 Å². The normalized spacial score (nSPS) is 11.0. The molecule has 1 heterocycles. The van der Waals surface area contributed by atoms with E-state index in [2.05, 4.69) is 5.10 Å². The van der Waals surface area contributed by atoms with Crippen molar-refractivity contribution in [1.29, 1.82) is 0 Å². The number of carboxylic acids is 2. The summed E-state index contributed by atoms with van der Waals surface area (Å²) in [5.41, 5.74) is 1.93. The lowest BCUT2D eigenvalue weighted by atomic mass is 10.1. The number of halogens is 1. The van der Waals surface area contributed by atoms with Crippen LogP contribution >= 0.6 is 11.6 Å². The number of hydrogen-bond acceptors (Lipinski definition) is 3. The van der Waals surface area contributed by atoms with Crippen molar-refractivity contribution in [2.45, 2.75) is 13.0 Å². The molecule has 114 valence electrons. The van der Waals surface area contributed by atoms with Gasteiger partial charge in [-0.3, -0.25) is 9.48 Å². The van der Waals surface area contributed by atoms with Gasteiger partial charge in [-0.2, -0.15) is 5.10 Å². The Morgan fingerprint density at radius 1 is 1.23 bits per heavy atom. The Kier molecular flexibility index (Phi) is 4.95. The molecule has 0 amide bonds. The van der Waals surface area contributed by atoms with E-state index in [9.17, 15) is 9.59 Å². The van der Waals surface area contributed by atoms with Crippen LogP contribution in [0.15, 0.2) is 36.5 Å².